The molecule has 0 saturated carbocycles. The fourth-order valence-electron chi connectivity index (χ4n) is 3.82. The van der Waals surface area contributed by atoms with Crippen molar-refractivity contribution in [1.82, 2.24) is 9.55 Å². The Hall–Kier alpha value is -2.12. The lowest BCUT2D eigenvalue weighted by Crippen LogP contribution is -2.24. The molecule has 29 heavy (non-hydrogen) atoms. The molecule has 0 spiro atoms. The predicted molar refractivity (Wildman–Crippen MR) is 119 cm³/mol. The van der Waals surface area contributed by atoms with Gasteiger partial charge in [0.1, 0.15) is 4.83 Å². The molecule has 152 valence electrons. The Balaban J connectivity index is 1.97. The zero-order valence-electron chi connectivity index (χ0n) is 17.1. The summed E-state index contributed by atoms with van der Waals surface area (Å²) in [5, 5.41) is 1.29. The maximum Gasteiger partial charge on any atom is 0.316 e. The Labute approximate surface area is 178 Å². The van der Waals surface area contributed by atoms with Crippen LogP contribution in [0.25, 0.3) is 15.9 Å². The van der Waals surface area contributed by atoms with Crippen molar-refractivity contribution in [2.24, 2.45) is 5.92 Å². The zero-order chi connectivity index (χ0) is 20.7. The summed E-state index contributed by atoms with van der Waals surface area (Å²) >= 11 is 2.88. The second-order valence-electron chi connectivity index (χ2n) is 7.72. The third-order valence-corrected chi connectivity index (χ3v) is 7.51. The van der Waals surface area contributed by atoms with E-state index in [9.17, 15) is 9.59 Å². The lowest BCUT2D eigenvalue weighted by atomic mass is 9.89. The minimum absolute atomic E-state index is 0.0388. The van der Waals surface area contributed by atoms with Gasteiger partial charge in [0.05, 0.1) is 23.9 Å². The van der Waals surface area contributed by atoms with Crippen LogP contribution in [0.4, 0.5) is 0 Å². The monoisotopic (exact) mass is 428 g/mol. The molecule has 0 radical (unpaired) electrons. The van der Waals surface area contributed by atoms with E-state index in [4.69, 9.17) is 9.72 Å². The molecule has 5 nitrogen and oxygen atoms in total. The van der Waals surface area contributed by atoms with Crippen LogP contribution in [0.1, 0.15) is 34.9 Å². The van der Waals surface area contributed by atoms with Crippen LogP contribution < -0.4 is 5.56 Å². The predicted octanol–water partition coefficient (Wildman–Crippen LogP) is 4.45. The van der Waals surface area contributed by atoms with Crippen LogP contribution >= 0.6 is 23.1 Å². The molecule has 7 heteroatoms. The minimum atomic E-state index is -0.337. The van der Waals surface area contributed by atoms with Crippen molar-refractivity contribution in [3.8, 4) is 5.69 Å². The molecule has 1 aliphatic carbocycles. The molecule has 0 amide bonds. The van der Waals surface area contributed by atoms with E-state index in [1.54, 1.807) is 15.9 Å². The lowest BCUT2D eigenvalue weighted by molar-refractivity contribution is -0.137. The molecule has 1 unspecified atom stereocenters. The van der Waals surface area contributed by atoms with Crippen LogP contribution in [0, 0.1) is 19.8 Å². The van der Waals surface area contributed by atoms with Gasteiger partial charge in [-0.1, -0.05) is 30.8 Å². The molecule has 1 aliphatic rings. The van der Waals surface area contributed by atoms with Gasteiger partial charge in [-0.25, -0.2) is 4.98 Å². The van der Waals surface area contributed by atoms with E-state index in [0.717, 1.165) is 46.3 Å². The van der Waals surface area contributed by atoms with Crippen LogP contribution in [-0.4, -0.2) is 28.4 Å². The Bertz CT molecular complexity index is 1160. The highest BCUT2D eigenvalue weighted by Gasteiger charge is 2.25. The summed E-state index contributed by atoms with van der Waals surface area (Å²) in [5.41, 5.74) is 4.02. The molecule has 1 atom stereocenters. The van der Waals surface area contributed by atoms with E-state index in [2.05, 4.69) is 6.92 Å². The molecule has 0 bridgehead atoms. The SMILES string of the molecule is COC(=O)CSc1nc2sc3c(c2c(=O)n1-c1cc(C)ccc1C)CCC(C)C3. The lowest BCUT2D eigenvalue weighted by Gasteiger charge is -2.18. The Morgan fingerprint density at radius 2 is 2.17 bits per heavy atom. The van der Waals surface area contributed by atoms with E-state index in [1.807, 2.05) is 32.0 Å². The van der Waals surface area contributed by atoms with Crippen molar-refractivity contribution in [2.45, 2.75) is 45.2 Å². The fourth-order valence-corrected chi connectivity index (χ4v) is 6.09. The molecule has 2 heterocycles. The van der Waals surface area contributed by atoms with Gasteiger partial charge in [0.25, 0.3) is 5.56 Å². The van der Waals surface area contributed by atoms with Gasteiger partial charge in [0.15, 0.2) is 5.16 Å². The molecular formula is C22H24N2O3S2. The number of hydrogen-bond acceptors (Lipinski definition) is 6. The third-order valence-electron chi connectivity index (χ3n) is 5.45. The summed E-state index contributed by atoms with van der Waals surface area (Å²) in [5.74, 6) is 0.405. The normalized spacial score (nSPS) is 16.1. The smallest absolute Gasteiger partial charge is 0.316 e. The van der Waals surface area contributed by atoms with Crippen LogP contribution in [-0.2, 0) is 22.4 Å². The second kappa shape index (κ2) is 7.95. The number of aromatic nitrogens is 2. The maximum atomic E-state index is 13.7. The molecular weight excluding hydrogens is 404 g/mol. The van der Waals surface area contributed by atoms with Crippen molar-refractivity contribution in [2.75, 3.05) is 12.9 Å². The molecule has 3 aromatic rings. The Kier molecular flexibility index (Phi) is 5.53. The maximum absolute atomic E-state index is 13.7. The molecule has 2 aromatic heterocycles. The summed E-state index contributed by atoms with van der Waals surface area (Å²) in [7, 11) is 1.37. The zero-order valence-corrected chi connectivity index (χ0v) is 18.7. The number of methoxy groups -OCH3 is 1. The van der Waals surface area contributed by atoms with E-state index in [-0.39, 0.29) is 17.3 Å². The number of carbonyl (C=O) groups is 1. The molecule has 1 aromatic carbocycles. The Morgan fingerprint density at radius 3 is 2.93 bits per heavy atom. The molecule has 0 N–H and O–H groups in total. The molecule has 0 fully saturated rings. The number of ether oxygens (including phenoxy) is 1. The van der Waals surface area contributed by atoms with E-state index in [0.29, 0.717) is 11.1 Å². The number of hydrogen-bond donors (Lipinski definition) is 0. The second-order valence-corrected chi connectivity index (χ2v) is 9.75. The fraction of sp³-hybridized carbons (Fsp3) is 0.409. The van der Waals surface area contributed by atoms with E-state index < -0.39 is 0 Å². The van der Waals surface area contributed by atoms with Crippen LogP contribution in [0.2, 0.25) is 0 Å². The topological polar surface area (TPSA) is 61.2 Å². The number of rotatable bonds is 4. The molecule has 0 saturated heterocycles. The largest absolute Gasteiger partial charge is 0.468 e. The number of fused-ring (bicyclic) bond motifs is 3. The van der Waals surface area contributed by atoms with Crippen molar-refractivity contribution in [3.05, 3.63) is 50.1 Å². The first-order chi connectivity index (χ1) is 13.9. The number of aryl methyl sites for hydroxylation is 3. The van der Waals surface area contributed by atoms with Gasteiger partial charge < -0.3 is 4.74 Å². The highest BCUT2D eigenvalue weighted by molar-refractivity contribution is 7.99. The molecule has 4 rings (SSSR count). The van der Waals surface area contributed by atoms with Crippen LogP contribution in [0.3, 0.4) is 0 Å². The van der Waals surface area contributed by atoms with Gasteiger partial charge in [-0.05, 0) is 61.8 Å². The van der Waals surface area contributed by atoms with Crippen molar-refractivity contribution >= 4 is 39.3 Å². The van der Waals surface area contributed by atoms with Gasteiger partial charge in [-0.2, -0.15) is 0 Å². The summed E-state index contributed by atoms with van der Waals surface area (Å²) in [6.45, 7) is 6.26. The van der Waals surface area contributed by atoms with Crippen LogP contribution in [0.5, 0.6) is 0 Å². The number of benzene rings is 1. The van der Waals surface area contributed by atoms with E-state index >= 15 is 0 Å². The van der Waals surface area contributed by atoms with Crippen molar-refractivity contribution in [3.63, 3.8) is 0 Å². The number of esters is 1. The summed E-state index contributed by atoms with van der Waals surface area (Å²) in [6.07, 6.45) is 3.03. The summed E-state index contributed by atoms with van der Waals surface area (Å²) in [6, 6.07) is 6.05. The first-order valence-corrected chi connectivity index (χ1v) is 11.5. The first-order valence-electron chi connectivity index (χ1n) is 9.73. The van der Waals surface area contributed by atoms with Crippen molar-refractivity contribution < 1.29 is 9.53 Å². The summed E-state index contributed by atoms with van der Waals surface area (Å²) < 4.78 is 6.47. The highest BCUT2D eigenvalue weighted by atomic mass is 32.2. The standard InChI is InChI=1S/C22H24N2O3S2/c1-12-5-7-14(3)16(9-12)24-21(26)19-15-8-6-13(2)10-17(15)29-20(19)23-22(24)28-11-18(25)27-4/h5,7,9,13H,6,8,10-11H2,1-4H3. The van der Waals surface area contributed by atoms with Gasteiger partial charge in [-0.3, -0.25) is 14.2 Å². The number of thioether (sulfide) groups is 1. The molecule has 0 aliphatic heterocycles. The van der Waals surface area contributed by atoms with Gasteiger partial charge >= 0.3 is 5.97 Å². The minimum Gasteiger partial charge on any atom is -0.468 e. The average Bonchev–Trinajstić information content (AvgIpc) is 3.05. The Morgan fingerprint density at radius 1 is 1.38 bits per heavy atom. The number of carbonyl (C=O) groups excluding carboxylic acids is 1. The van der Waals surface area contributed by atoms with Gasteiger partial charge in [0.2, 0.25) is 0 Å². The quantitative estimate of drug-likeness (QED) is 0.349. The van der Waals surface area contributed by atoms with Gasteiger partial charge in [0, 0.05) is 4.88 Å². The average molecular weight is 429 g/mol. The van der Waals surface area contributed by atoms with Gasteiger partial charge in [-0.15, -0.1) is 11.3 Å². The number of nitrogens with zero attached hydrogens (tertiary/aromatic N) is 2. The summed E-state index contributed by atoms with van der Waals surface area (Å²) in [4.78, 5) is 32.4. The first kappa shape index (κ1) is 20.2. The van der Waals surface area contributed by atoms with Crippen LogP contribution in [0.15, 0.2) is 28.2 Å². The van der Waals surface area contributed by atoms with E-state index in [1.165, 1.54) is 29.3 Å². The highest BCUT2D eigenvalue weighted by Crippen LogP contribution is 2.37. The third kappa shape index (κ3) is 3.73. The number of thiophene rings is 1. The van der Waals surface area contributed by atoms with Crippen molar-refractivity contribution in [1.29, 1.82) is 0 Å².